The Morgan fingerprint density at radius 1 is 1.36 bits per heavy atom. The first-order valence-electron chi connectivity index (χ1n) is 8.50. The Morgan fingerprint density at radius 3 is 2.96 bits per heavy atom. The van der Waals surface area contributed by atoms with Crippen LogP contribution in [0.15, 0.2) is 30.5 Å². The first-order valence-corrected chi connectivity index (χ1v) is 8.50. The molecule has 3 N–H and O–H groups in total. The number of nitrogens with two attached hydrogens (primary N) is 1. The molecule has 1 fully saturated rings. The number of ether oxygens (including phenoxy) is 1. The van der Waals surface area contributed by atoms with Crippen molar-refractivity contribution in [1.29, 1.82) is 0 Å². The molecule has 3 rings (SSSR count). The molecular formula is C19H21FN4O. The predicted molar refractivity (Wildman–Crippen MR) is 95.1 cm³/mol. The Morgan fingerprint density at radius 2 is 2.24 bits per heavy atom. The van der Waals surface area contributed by atoms with Crippen LogP contribution in [-0.4, -0.2) is 22.6 Å². The molecule has 0 spiro atoms. The van der Waals surface area contributed by atoms with E-state index < -0.39 is 0 Å². The summed E-state index contributed by atoms with van der Waals surface area (Å²) in [5.74, 6) is 6.63. The summed E-state index contributed by atoms with van der Waals surface area (Å²) in [6, 6.07) is 6.15. The Hall–Kier alpha value is -2.65. The number of halogens is 1. The van der Waals surface area contributed by atoms with Crippen molar-refractivity contribution in [2.45, 2.75) is 38.2 Å². The lowest BCUT2D eigenvalue weighted by Gasteiger charge is -2.26. The van der Waals surface area contributed by atoms with Crippen LogP contribution in [0.5, 0.6) is 5.88 Å². The van der Waals surface area contributed by atoms with Crippen molar-refractivity contribution in [3.05, 3.63) is 41.8 Å². The van der Waals surface area contributed by atoms with Gasteiger partial charge in [0.1, 0.15) is 17.5 Å². The van der Waals surface area contributed by atoms with Gasteiger partial charge in [-0.25, -0.2) is 9.37 Å². The molecule has 2 aromatic rings. The second-order valence-electron chi connectivity index (χ2n) is 5.91. The fraction of sp³-hybridized carbons (Fsp3) is 0.368. The van der Waals surface area contributed by atoms with Crippen molar-refractivity contribution in [3.8, 4) is 17.7 Å². The van der Waals surface area contributed by atoms with Crippen LogP contribution in [-0.2, 0) is 0 Å². The Balaban J connectivity index is 1.79. The lowest BCUT2D eigenvalue weighted by atomic mass is 9.96. The van der Waals surface area contributed by atoms with Gasteiger partial charge in [-0.1, -0.05) is 17.9 Å². The average Bonchev–Trinajstić information content (AvgIpc) is 2.56. The predicted octanol–water partition coefficient (Wildman–Crippen LogP) is 3.38. The molecule has 0 bridgehead atoms. The zero-order valence-electron chi connectivity index (χ0n) is 14.0. The van der Waals surface area contributed by atoms with Gasteiger partial charge < -0.3 is 15.8 Å². The summed E-state index contributed by atoms with van der Waals surface area (Å²) in [4.78, 5) is 8.69. The van der Waals surface area contributed by atoms with E-state index in [1.165, 1.54) is 18.6 Å². The van der Waals surface area contributed by atoms with E-state index in [-0.39, 0.29) is 11.9 Å². The molecule has 1 aliphatic rings. The minimum Gasteiger partial charge on any atom is -0.473 e. The molecule has 0 saturated heterocycles. The van der Waals surface area contributed by atoms with Crippen molar-refractivity contribution < 1.29 is 9.13 Å². The summed E-state index contributed by atoms with van der Waals surface area (Å²) in [6.45, 7) is 0.618. The van der Waals surface area contributed by atoms with E-state index in [1.807, 2.05) is 0 Å². The standard InChI is InChI=1S/C19H21FN4O/c20-15-7-4-8-16(12-15)23-19-22-13-14(6-2-1-3-11-21)18(24-19)25-17-9-5-10-17/h4,7-8,12-13,17H,1,3,5,9-11,21H2,(H,22,23,24). The van der Waals surface area contributed by atoms with E-state index in [9.17, 15) is 4.39 Å². The molecule has 0 radical (unpaired) electrons. The molecule has 130 valence electrons. The third kappa shape index (κ3) is 4.91. The van der Waals surface area contributed by atoms with Gasteiger partial charge in [0.2, 0.25) is 11.8 Å². The zero-order valence-corrected chi connectivity index (χ0v) is 14.0. The average molecular weight is 340 g/mol. The number of anilines is 2. The number of hydrogen-bond donors (Lipinski definition) is 2. The number of hydrogen-bond acceptors (Lipinski definition) is 5. The maximum absolute atomic E-state index is 13.3. The molecule has 0 aliphatic heterocycles. The largest absolute Gasteiger partial charge is 0.473 e. The normalized spacial score (nSPS) is 13.5. The van der Waals surface area contributed by atoms with Crippen molar-refractivity contribution in [1.82, 2.24) is 9.97 Å². The highest BCUT2D eigenvalue weighted by molar-refractivity contribution is 5.54. The van der Waals surface area contributed by atoms with Gasteiger partial charge in [0.25, 0.3) is 0 Å². The summed E-state index contributed by atoms with van der Waals surface area (Å²) < 4.78 is 19.3. The zero-order chi connectivity index (χ0) is 17.5. The fourth-order valence-electron chi connectivity index (χ4n) is 2.29. The topological polar surface area (TPSA) is 73.1 Å². The minimum atomic E-state index is -0.321. The minimum absolute atomic E-state index is 0.182. The molecular weight excluding hydrogens is 319 g/mol. The lowest BCUT2D eigenvalue weighted by molar-refractivity contribution is 0.114. The van der Waals surface area contributed by atoms with Crippen LogP contribution in [0.4, 0.5) is 16.0 Å². The molecule has 0 amide bonds. The fourth-order valence-corrected chi connectivity index (χ4v) is 2.29. The van der Waals surface area contributed by atoms with Crippen molar-refractivity contribution >= 4 is 11.6 Å². The molecule has 5 nitrogen and oxygen atoms in total. The molecule has 1 aromatic carbocycles. The van der Waals surface area contributed by atoms with Crippen molar-refractivity contribution in [2.75, 3.05) is 11.9 Å². The second-order valence-corrected chi connectivity index (χ2v) is 5.91. The third-order valence-corrected chi connectivity index (χ3v) is 3.89. The van der Waals surface area contributed by atoms with Crippen LogP contribution < -0.4 is 15.8 Å². The highest BCUT2D eigenvalue weighted by Crippen LogP contribution is 2.27. The van der Waals surface area contributed by atoms with Crippen LogP contribution in [0, 0.1) is 17.7 Å². The van der Waals surface area contributed by atoms with E-state index in [1.54, 1.807) is 18.3 Å². The monoisotopic (exact) mass is 340 g/mol. The van der Waals surface area contributed by atoms with Crippen LogP contribution in [0.25, 0.3) is 0 Å². The van der Waals surface area contributed by atoms with E-state index in [2.05, 4.69) is 27.1 Å². The van der Waals surface area contributed by atoms with Gasteiger partial charge in [0, 0.05) is 12.1 Å². The van der Waals surface area contributed by atoms with Gasteiger partial charge in [0.15, 0.2) is 0 Å². The first kappa shape index (κ1) is 17.2. The van der Waals surface area contributed by atoms with Gasteiger partial charge in [-0.2, -0.15) is 4.98 Å². The maximum atomic E-state index is 13.3. The molecule has 25 heavy (non-hydrogen) atoms. The van der Waals surface area contributed by atoms with E-state index in [4.69, 9.17) is 10.5 Å². The van der Waals surface area contributed by atoms with Gasteiger partial charge in [0.05, 0.1) is 6.20 Å². The summed E-state index contributed by atoms with van der Waals surface area (Å²) in [5.41, 5.74) is 6.72. The SMILES string of the molecule is NCCCC#Cc1cnc(Nc2cccc(F)c2)nc1OC1CCC1. The first-order chi connectivity index (χ1) is 12.2. The third-order valence-electron chi connectivity index (χ3n) is 3.89. The van der Waals surface area contributed by atoms with Crippen molar-refractivity contribution in [3.63, 3.8) is 0 Å². The number of nitrogens with one attached hydrogen (secondary N) is 1. The molecule has 1 aliphatic carbocycles. The molecule has 6 heteroatoms. The van der Waals surface area contributed by atoms with Crippen LogP contribution >= 0.6 is 0 Å². The van der Waals surface area contributed by atoms with Gasteiger partial charge in [-0.3, -0.25) is 0 Å². The quantitative estimate of drug-likeness (QED) is 0.623. The number of aromatic nitrogens is 2. The Kier molecular flexibility index (Phi) is 5.81. The number of rotatable bonds is 6. The van der Waals surface area contributed by atoms with Gasteiger partial charge >= 0.3 is 0 Å². The highest BCUT2D eigenvalue weighted by atomic mass is 19.1. The summed E-state index contributed by atoms with van der Waals surface area (Å²) in [6.07, 6.45) is 6.61. The van der Waals surface area contributed by atoms with Crippen LogP contribution in [0.1, 0.15) is 37.7 Å². The van der Waals surface area contributed by atoms with E-state index in [0.29, 0.717) is 29.6 Å². The van der Waals surface area contributed by atoms with Crippen LogP contribution in [0.3, 0.4) is 0 Å². The number of benzene rings is 1. The molecule has 1 heterocycles. The Bertz CT molecular complexity index is 780. The summed E-state index contributed by atoms with van der Waals surface area (Å²) >= 11 is 0. The second kappa shape index (κ2) is 8.45. The number of unbranched alkanes of at least 4 members (excludes halogenated alkanes) is 1. The van der Waals surface area contributed by atoms with E-state index >= 15 is 0 Å². The lowest BCUT2D eigenvalue weighted by Crippen LogP contribution is -2.25. The summed E-state index contributed by atoms with van der Waals surface area (Å²) in [5, 5.41) is 2.99. The molecule has 0 atom stereocenters. The summed E-state index contributed by atoms with van der Waals surface area (Å²) in [7, 11) is 0. The molecule has 1 saturated carbocycles. The maximum Gasteiger partial charge on any atom is 0.234 e. The van der Waals surface area contributed by atoms with Crippen LogP contribution in [0.2, 0.25) is 0 Å². The smallest absolute Gasteiger partial charge is 0.234 e. The molecule has 0 unspecified atom stereocenters. The molecule has 1 aromatic heterocycles. The Labute approximate surface area is 146 Å². The highest BCUT2D eigenvalue weighted by Gasteiger charge is 2.21. The van der Waals surface area contributed by atoms with Gasteiger partial charge in [-0.05, 0) is 50.4 Å². The van der Waals surface area contributed by atoms with Gasteiger partial charge in [-0.15, -0.1) is 0 Å². The van der Waals surface area contributed by atoms with Crippen molar-refractivity contribution in [2.24, 2.45) is 5.73 Å². The van der Waals surface area contributed by atoms with E-state index in [0.717, 1.165) is 25.7 Å². The number of nitrogens with zero attached hydrogens (tertiary/aromatic N) is 2.